The van der Waals surface area contributed by atoms with E-state index in [1.165, 1.54) is 50.5 Å². The fourth-order valence-corrected chi connectivity index (χ4v) is 3.11. The standard InChI is InChI=1S/C15H27N3/c1-12(15-11-18(3)17-13(15)2)16-14-9-7-5-4-6-8-10-14/h11-12,14,16H,4-10H2,1-3H3. The number of aryl methyl sites for hydroxylation is 2. The lowest BCUT2D eigenvalue weighted by molar-refractivity contribution is 0.362. The zero-order valence-electron chi connectivity index (χ0n) is 12.1. The van der Waals surface area contributed by atoms with Crippen molar-refractivity contribution in [2.45, 2.75) is 70.9 Å². The molecule has 1 aliphatic rings. The Hall–Kier alpha value is -0.830. The molecule has 0 amide bonds. The Morgan fingerprint density at radius 3 is 2.39 bits per heavy atom. The molecular weight excluding hydrogens is 222 g/mol. The van der Waals surface area contributed by atoms with Crippen molar-refractivity contribution in [3.05, 3.63) is 17.5 Å². The minimum absolute atomic E-state index is 0.420. The van der Waals surface area contributed by atoms with Crippen molar-refractivity contribution < 1.29 is 0 Å². The number of rotatable bonds is 3. The first kappa shape index (κ1) is 13.6. The second-order valence-electron chi connectivity index (χ2n) is 5.77. The van der Waals surface area contributed by atoms with Crippen LogP contribution < -0.4 is 5.32 Å². The lowest BCUT2D eigenvalue weighted by Gasteiger charge is -2.25. The summed E-state index contributed by atoms with van der Waals surface area (Å²) < 4.78 is 1.92. The lowest BCUT2D eigenvalue weighted by atomic mass is 9.95. The Morgan fingerprint density at radius 1 is 1.22 bits per heavy atom. The van der Waals surface area contributed by atoms with Gasteiger partial charge in [-0.05, 0) is 26.7 Å². The Balaban J connectivity index is 1.92. The molecule has 0 aromatic carbocycles. The van der Waals surface area contributed by atoms with Gasteiger partial charge in [0, 0.05) is 30.9 Å². The lowest BCUT2D eigenvalue weighted by Crippen LogP contribution is -2.32. The fraction of sp³-hybridized carbons (Fsp3) is 0.800. The summed E-state index contributed by atoms with van der Waals surface area (Å²) in [6.45, 7) is 4.37. The molecule has 2 rings (SSSR count). The molecule has 18 heavy (non-hydrogen) atoms. The molecule has 1 saturated carbocycles. The van der Waals surface area contributed by atoms with Gasteiger partial charge >= 0.3 is 0 Å². The van der Waals surface area contributed by atoms with Crippen LogP contribution in [0.5, 0.6) is 0 Å². The van der Waals surface area contributed by atoms with Crippen molar-refractivity contribution in [2.75, 3.05) is 0 Å². The van der Waals surface area contributed by atoms with E-state index in [1.54, 1.807) is 0 Å². The van der Waals surface area contributed by atoms with Crippen LogP contribution in [0.15, 0.2) is 6.20 Å². The Morgan fingerprint density at radius 2 is 1.83 bits per heavy atom. The van der Waals surface area contributed by atoms with Gasteiger partial charge in [0.05, 0.1) is 5.69 Å². The van der Waals surface area contributed by atoms with Crippen LogP contribution in [0, 0.1) is 6.92 Å². The molecule has 1 unspecified atom stereocenters. The zero-order valence-corrected chi connectivity index (χ0v) is 12.1. The predicted octanol–water partition coefficient (Wildman–Crippen LogP) is 3.49. The molecule has 1 aliphatic carbocycles. The van der Waals surface area contributed by atoms with Crippen molar-refractivity contribution in [1.82, 2.24) is 15.1 Å². The molecule has 102 valence electrons. The van der Waals surface area contributed by atoms with E-state index >= 15 is 0 Å². The van der Waals surface area contributed by atoms with Crippen LogP contribution in [0.3, 0.4) is 0 Å². The second kappa shape index (κ2) is 6.37. The summed E-state index contributed by atoms with van der Waals surface area (Å²) in [5.74, 6) is 0. The molecule has 0 bridgehead atoms. The van der Waals surface area contributed by atoms with Crippen LogP contribution in [0.25, 0.3) is 0 Å². The normalized spacial score (nSPS) is 20.4. The first-order valence-corrected chi connectivity index (χ1v) is 7.43. The highest BCUT2D eigenvalue weighted by Crippen LogP contribution is 2.21. The van der Waals surface area contributed by atoms with Gasteiger partial charge in [0.2, 0.25) is 0 Å². The molecule has 3 heteroatoms. The summed E-state index contributed by atoms with van der Waals surface area (Å²) >= 11 is 0. The van der Waals surface area contributed by atoms with E-state index in [2.05, 4.69) is 30.5 Å². The van der Waals surface area contributed by atoms with Gasteiger partial charge in [0.1, 0.15) is 0 Å². The number of aromatic nitrogens is 2. The topological polar surface area (TPSA) is 29.9 Å². The van der Waals surface area contributed by atoms with Crippen LogP contribution in [0.1, 0.15) is 69.2 Å². The first-order chi connectivity index (χ1) is 8.66. The molecule has 0 radical (unpaired) electrons. The fourth-order valence-electron chi connectivity index (χ4n) is 3.11. The average molecular weight is 249 g/mol. The largest absolute Gasteiger partial charge is 0.307 e. The van der Waals surface area contributed by atoms with E-state index in [-0.39, 0.29) is 0 Å². The highest BCUT2D eigenvalue weighted by atomic mass is 15.3. The quantitative estimate of drug-likeness (QED) is 0.888. The SMILES string of the molecule is Cc1nn(C)cc1C(C)NC1CCCCCCC1. The predicted molar refractivity (Wildman–Crippen MR) is 75.6 cm³/mol. The van der Waals surface area contributed by atoms with E-state index < -0.39 is 0 Å². The van der Waals surface area contributed by atoms with Gasteiger partial charge < -0.3 is 5.32 Å². The molecule has 1 aromatic heterocycles. The van der Waals surface area contributed by atoms with Gasteiger partial charge in [-0.2, -0.15) is 5.10 Å². The van der Waals surface area contributed by atoms with Gasteiger partial charge in [-0.3, -0.25) is 4.68 Å². The molecular formula is C15H27N3. The highest BCUT2D eigenvalue weighted by Gasteiger charge is 2.17. The maximum Gasteiger partial charge on any atom is 0.0641 e. The van der Waals surface area contributed by atoms with E-state index in [4.69, 9.17) is 0 Å². The van der Waals surface area contributed by atoms with Crippen LogP contribution in [-0.4, -0.2) is 15.8 Å². The molecule has 3 nitrogen and oxygen atoms in total. The van der Waals surface area contributed by atoms with E-state index in [0.717, 1.165) is 5.69 Å². The van der Waals surface area contributed by atoms with Crippen LogP contribution in [0.2, 0.25) is 0 Å². The Labute approximate surface area is 111 Å². The van der Waals surface area contributed by atoms with Crippen molar-refractivity contribution in [2.24, 2.45) is 7.05 Å². The van der Waals surface area contributed by atoms with Crippen LogP contribution >= 0.6 is 0 Å². The Bertz CT molecular complexity index is 362. The summed E-state index contributed by atoms with van der Waals surface area (Å²) in [5.41, 5.74) is 2.50. The maximum absolute atomic E-state index is 4.44. The van der Waals surface area contributed by atoms with E-state index in [0.29, 0.717) is 12.1 Å². The third-order valence-corrected chi connectivity index (χ3v) is 4.11. The Kier molecular flexibility index (Phi) is 4.81. The van der Waals surface area contributed by atoms with Crippen molar-refractivity contribution in [3.8, 4) is 0 Å². The van der Waals surface area contributed by atoms with Gasteiger partial charge in [0.15, 0.2) is 0 Å². The molecule has 1 atom stereocenters. The van der Waals surface area contributed by atoms with Crippen molar-refractivity contribution in [1.29, 1.82) is 0 Å². The summed E-state index contributed by atoms with van der Waals surface area (Å²) in [6, 6.07) is 1.11. The third kappa shape index (κ3) is 3.58. The zero-order chi connectivity index (χ0) is 13.0. The van der Waals surface area contributed by atoms with Gasteiger partial charge in [0.25, 0.3) is 0 Å². The average Bonchev–Trinajstić information content (AvgIpc) is 2.61. The van der Waals surface area contributed by atoms with Gasteiger partial charge in [-0.25, -0.2) is 0 Å². The maximum atomic E-state index is 4.44. The van der Waals surface area contributed by atoms with E-state index in [9.17, 15) is 0 Å². The number of hydrogen-bond acceptors (Lipinski definition) is 2. The smallest absolute Gasteiger partial charge is 0.0641 e. The second-order valence-corrected chi connectivity index (χ2v) is 5.77. The van der Waals surface area contributed by atoms with E-state index in [1.807, 2.05) is 11.7 Å². The molecule has 1 heterocycles. The number of hydrogen-bond donors (Lipinski definition) is 1. The van der Waals surface area contributed by atoms with Gasteiger partial charge in [-0.1, -0.05) is 32.1 Å². The highest BCUT2D eigenvalue weighted by molar-refractivity contribution is 5.19. The van der Waals surface area contributed by atoms with Crippen LogP contribution in [-0.2, 0) is 7.05 Å². The minimum Gasteiger partial charge on any atom is -0.307 e. The van der Waals surface area contributed by atoms with Crippen molar-refractivity contribution in [3.63, 3.8) is 0 Å². The van der Waals surface area contributed by atoms with Crippen molar-refractivity contribution >= 4 is 0 Å². The van der Waals surface area contributed by atoms with Crippen LogP contribution in [0.4, 0.5) is 0 Å². The third-order valence-electron chi connectivity index (χ3n) is 4.11. The summed E-state index contributed by atoms with van der Waals surface area (Å²) in [7, 11) is 2.00. The number of nitrogens with zero attached hydrogens (tertiary/aromatic N) is 2. The number of nitrogens with one attached hydrogen (secondary N) is 1. The monoisotopic (exact) mass is 249 g/mol. The molecule has 1 N–H and O–H groups in total. The first-order valence-electron chi connectivity index (χ1n) is 7.43. The minimum atomic E-state index is 0.420. The summed E-state index contributed by atoms with van der Waals surface area (Å²) in [5, 5.41) is 8.24. The molecule has 1 fully saturated rings. The summed E-state index contributed by atoms with van der Waals surface area (Å²) in [6.07, 6.45) is 11.9. The van der Waals surface area contributed by atoms with Gasteiger partial charge in [-0.15, -0.1) is 0 Å². The molecule has 0 spiro atoms. The molecule has 0 aliphatic heterocycles. The summed E-state index contributed by atoms with van der Waals surface area (Å²) in [4.78, 5) is 0. The molecule has 1 aromatic rings. The molecule has 0 saturated heterocycles.